The zero-order chi connectivity index (χ0) is 16.8. The summed E-state index contributed by atoms with van der Waals surface area (Å²) in [6.45, 7) is 7.22. The van der Waals surface area contributed by atoms with Crippen LogP contribution in [0.1, 0.15) is 10.4 Å². The molecule has 0 amide bonds. The molecule has 114 valence electrons. The number of carbonyl (C=O) groups is 1. The zero-order valence-corrected chi connectivity index (χ0v) is 12.6. The summed E-state index contributed by atoms with van der Waals surface area (Å²) in [5, 5.41) is 18.2. The van der Waals surface area contributed by atoms with E-state index in [9.17, 15) is 4.79 Å². The minimum atomic E-state index is -1.47. The molecule has 0 atom stereocenters. The first-order valence-electron chi connectivity index (χ1n) is 7.13. The van der Waals surface area contributed by atoms with E-state index in [0.717, 1.165) is 11.1 Å². The van der Waals surface area contributed by atoms with E-state index in [2.05, 4.69) is 13.2 Å². The molecule has 2 rings (SSSR count). The van der Waals surface area contributed by atoms with Gasteiger partial charge in [-0.3, -0.25) is 4.79 Å². The van der Waals surface area contributed by atoms with E-state index in [1.165, 1.54) is 6.08 Å². The van der Waals surface area contributed by atoms with Crippen molar-refractivity contribution in [2.45, 2.75) is 0 Å². The lowest BCUT2D eigenvalue weighted by atomic mass is 9.80. The predicted octanol–water partition coefficient (Wildman–Crippen LogP) is 2.51. The highest BCUT2D eigenvalue weighted by Crippen LogP contribution is 2.20. The lowest BCUT2D eigenvalue weighted by molar-refractivity contribution is 0.103. The van der Waals surface area contributed by atoms with Gasteiger partial charge in [-0.15, -0.1) is 0 Å². The number of allylic oxidation sites excluding steroid dienone is 4. The summed E-state index contributed by atoms with van der Waals surface area (Å²) < 4.78 is 0. The first kappa shape index (κ1) is 16.7. The van der Waals surface area contributed by atoms with E-state index in [1.807, 2.05) is 12.1 Å². The molecule has 23 heavy (non-hydrogen) atoms. The summed E-state index contributed by atoms with van der Waals surface area (Å²) in [6.07, 6.45) is 4.69. The zero-order valence-electron chi connectivity index (χ0n) is 12.6. The molecular formula is C19H17BO3. The normalized spacial score (nSPS) is 11.0. The minimum Gasteiger partial charge on any atom is -0.423 e. The van der Waals surface area contributed by atoms with Crippen LogP contribution in [-0.2, 0) is 0 Å². The van der Waals surface area contributed by atoms with Gasteiger partial charge in [0.25, 0.3) is 0 Å². The minimum absolute atomic E-state index is 0.106. The Morgan fingerprint density at radius 2 is 1.43 bits per heavy atom. The summed E-state index contributed by atoms with van der Waals surface area (Å²) in [5.41, 5.74) is 3.37. The molecule has 3 nitrogen and oxygen atoms in total. The van der Waals surface area contributed by atoms with Gasteiger partial charge in [0.05, 0.1) is 0 Å². The van der Waals surface area contributed by atoms with Crippen molar-refractivity contribution in [1.82, 2.24) is 0 Å². The van der Waals surface area contributed by atoms with E-state index in [1.54, 1.807) is 48.6 Å². The molecule has 0 spiro atoms. The van der Waals surface area contributed by atoms with E-state index in [4.69, 9.17) is 10.0 Å². The average Bonchev–Trinajstić information content (AvgIpc) is 2.59. The highest BCUT2D eigenvalue weighted by atomic mass is 16.4. The van der Waals surface area contributed by atoms with Crippen LogP contribution in [0.4, 0.5) is 0 Å². The fourth-order valence-electron chi connectivity index (χ4n) is 2.19. The first-order valence-corrected chi connectivity index (χ1v) is 7.13. The Morgan fingerprint density at radius 3 is 1.87 bits per heavy atom. The summed E-state index contributed by atoms with van der Waals surface area (Å²) in [6, 6.07) is 14.1. The maximum atomic E-state index is 12.3. The number of benzene rings is 2. The second-order valence-electron chi connectivity index (χ2n) is 4.96. The molecule has 0 bridgehead atoms. The molecule has 2 N–H and O–H groups in total. The van der Waals surface area contributed by atoms with Crippen molar-refractivity contribution in [2.24, 2.45) is 0 Å². The Balaban J connectivity index is 2.25. The maximum Gasteiger partial charge on any atom is 0.488 e. The number of ketones is 1. The summed E-state index contributed by atoms with van der Waals surface area (Å²) in [4.78, 5) is 12.3. The number of hydrogen-bond acceptors (Lipinski definition) is 3. The molecule has 0 fully saturated rings. The van der Waals surface area contributed by atoms with Gasteiger partial charge in [-0.05, 0) is 16.6 Å². The van der Waals surface area contributed by atoms with Gasteiger partial charge in [-0.2, -0.15) is 0 Å². The van der Waals surface area contributed by atoms with Crippen LogP contribution in [0.3, 0.4) is 0 Å². The van der Waals surface area contributed by atoms with Crippen LogP contribution in [0, 0.1) is 0 Å². The number of rotatable bonds is 6. The van der Waals surface area contributed by atoms with Crippen molar-refractivity contribution in [3.63, 3.8) is 0 Å². The average molecular weight is 304 g/mol. The van der Waals surface area contributed by atoms with Crippen LogP contribution >= 0.6 is 0 Å². The molecule has 0 heterocycles. The molecule has 2 aromatic rings. The number of Topliss-reactive ketones (excluding diaryl/α,β-unsaturated/α-hetero) is 1. The third-order valence-corrected chi connectivity index (χ3v) is 3.47. The summed E-state index contributed by atoms with van der Waals surface area (Å²) in [5.74, 6) is -0.106. The van der Waals surface area contributed by atoms with Crippen LogP contribution in [-0.4, -0.2) is 22.9 Å². The standard InChI is InChI=1S/C19H17BO3/c1-3-5-14(4-2)19(21)17-8-6-15(7-9-17)16-10-12-18(13-11-16)20(22)23/h3-13,22-23H,1-2H2/b14-5+. The molecule has 0 aliphatic heterocycles. The van der Waals surface area contributed by atoms with E-state index >= 15 is 0 Å². The number of carbonyl (C=O) groups excluding carboxylic acids is 1. The molecule has 0 radical (unpaired) electrons. The monoisotopic (exact) mass is 304 g/mol. The Bertz CT molecular complexity index is 741. The topological polar surface area (TPSA) is 57.5 Å². The molecular weight excluding hydrogens is 287 g/mol. The molecule has 0 saturated heterocycles. The van der Waals surface area contributed by atoms with Crippen LogP contribution < -0.4 is 5.46 Å². The molecule has 0 aromatic heterocycles. The van der Waals surface area contributed by atoms with Crippen molar-refractivity contribution in [1.29, 1.82) is 0 Å². The Kier molecular flexibility index (Phi) is 5.47. The highest BCUT2D eigenvalue weighted by Gasteiger charge is 2.11. The third-order valence-electron chi connectivity index (χ3n) is 3.47. The van der Waals surface area contributed by atoms with Crippen LogP contribution in [0.2, 0.25) is 0 Å². The van der Waals surface area contributed by atoms with Gasteiger partial charge in [-0.25, -0.2) is 0 Å². The van der Waals surface area contributed by atoms with E-state index < -0.39 is 7.12 Å². The van der Waals surface area contributed by atoms with Crippen molar-refractivity contribution in [3.05, 3.63) is 91.1 Å². The number of hydrogen-bond donors (Lipinski definition) is 2. The Labute approximate surface area is 136 Å². The van der Waals surface area contributed by atoms with E-state index in [-0.39, 0.29) is 5.78 Å². The molecule has 0 aliphatic rings. The third kappa shape index (κ3) is 3.94. The van der Waals surface area contributed by atoms with Crippen LogP contribution in [0.25, 0.3) is 11.1 Å². The lowest BCUT2D eigenvalue weighted by Crippen LogP contribution is -2.29. The smallest absolute Gasteiger partial charge is 0.423 e. The SMILES string of the molecule is C=C/C=C(\C=C)C(=O)c1ccc(-c2ccc(B(O)O)cc2)cc1. The lowest BCUT2D eigenvalue weighted by Gasteiger charge is -2.06. The highest BCUT2D eigenvalue weighted by molar-refractivity contribution is 6.58. The molecule has 0 aliphatic carbocycles. The first-order chi connectivity index (χ1) is 11.1. The quantitative estimate of drug-likeness (QED) is 0.373. The van der Waals surface area contributed by atoms with Gasteiger partial charge >= 0.3 is 7.12 Å². The van der Waals surface area contributed by atoms with Crippen molar-refractivity contribution >= 4 is 18.4 Å². The molecule has 0 unspecified atom stereocenters. The Hall–Kier alpha value is -2.69. The van der Waals surface area contributed by atoms with Gasteiger partial charge in [-0.1, -0.05) is 79.9 Å². The second-order valence-corrected chi connectivity index (χ2v) is 4.96. The molecule has 4 heteroatoms. The fraction of sp³-hybridized carbons (Fsp3) is 0. The van der Waals surface area contributed by atoms with Gasteiger partial charge in [0.2, 0.25) is 0 Å². The second kappa shape index (κ2) is 7.54. The van der Waals surface area contributed by atoms with Gasteiger partial charge in [0.15, 0.2) is 5.78 Å². The van der Waals surface area contributed by atoms with Crippen molar-refractivity contribution < 1.29 is 14.8 Å². The fourth-order valence-corrected chi connectivity index (χ4v) is 2.19. The van der Waals surface area contributed by atoms with Crippen molar-refractivity contribution in [2.75, 3.05) is 0 Å². The van der Waals surface area contributed by atoms with Crippen molar-refractivity contribution in [3.8, 4) is 11.1 Å². The Morgan fingerprint density at radius 1 is 0.913 bits per heavy atom. The van der Waals surface area contributed by atoms with Crippen LogP contribution in [0.15, 0.2) is 85.5 Å². The van der Waals surface area contributed by atoms with Gasteiger partial charge in [0.1, 0.15) is 0 Å². The maximum absolute atomic E-state index is 12.3. The predicted molar refractivity (Wildman–Crippen MR) is 94.5 cm³/mol. The van der Waals surface area contributed by atoms with Gasteiger partial charge < -0.3 is 10.0 Å². The van der Waals surface area contributed by atoms with Gasteiger partial charge in [0, 0.05) is 11.1 Å². The summed E-state index contributed by atoms with van der Waals surface area (Å²) >= 11 is 0. The molecule has 2 aromatic carbocycles. The van der Waals surface area contributed by atoms with Crippen LogP contribution in [0.5, 0.6) is 0 Å². The summed E-state index contributed by atoms with van der Waals surface area (Å²) in [7, 11) is -1.47. The largest absolute Gasteiger partial charge is 0.488 e. The van der Waals surface area contributed by atoms with E-state index in [0.29, 0.717) is 16.6 Å². The molecule has 0 saturated carbocycles.